The number of aromatic nitrogens is 1. The standard InChI is InChI=1S/C19H20N4O4S2/c24-16-15(18-20-12-7-3-4-8-14(12)29(26,27)22-18)19(25)23(13-9-10-28-17(13)16)21-11-5-1-2-6-11/h3-4,7-11,21,24,26-27H,1-2,5-6H2,(H,20,22). The molecule has 0 bridgehead atoms. The molecule has 0 atom stereocenters. The van der Waals surface area contributed by atoms with Crippen LogP contribution in [0.1, 0.15) is 31.2 Å². The Morgan fingerprint density at radius 2 is 1.97 bits per heavy atom. The number of benzene rings is 1. The van der Waals surface area contributed by atoms with Crippen molar-refractivity contribution in [1.29, 1.82) is 0 Å². The second-order valence-corrected chi connectivity index (χ2v) is 9.77. The van der Waals surface area contributed by atoms with Gasteiger partial charge in [-0.2, -0.15) is 0 Å². The number of hydrogen-bond donors (Lipinski definition) is 5. The molecule has 0 unspecified atom stereocenters. The Bertz CT molecular complexity index is 1190. The van der Waals surface area contributed by atoms with Gasteiger partial charge in [-0.1, -0.05) is 35.8 Å². The average molecular weight is 433 g/mol. The Morgan fingerprint density at radius 3 is 2.76 bits per heavy atom. The number of anilines is 1. The number of thiophene rings is 1. The Hall–Kier alpha value is -2.53. The van der Waals surface area contributed by atoms with Gasteiger partial charge < -0.3 is 15.8 Å². The molecule has 5 N–H and O–H groups in total. The van der Waals surface area contributed by atoms with Crippen LogP contribution >= 0.6 is 22.1 Å². The molecule has 10 heteroatoms. The molecular weight excluding hydrogens is 412 g/mol. The van der Waals surface area contributed by atoms with E-state index >= 15 is 0 Å². The smallest absolute Gasteiger partial charge is 0.284 e. The second kappa shape index (κ2) is 6.77. The van der Waals surface area contributed by atoms with Crippen LogP contribution in [-0.4, -0.2) is 30.8 Å². The number of nitrogens with zero attached hydrogens (tertiary/aromatic N) is 2. The molecule has 152 valence electrons. The molecule has 1 aliphatic heterocycles. The molecule has 8 nitrogen and oxygen atoms in total. The largest absolute Gasteiger partial charge is 0.505 e. The number of hydrogen-bond acceptors (Lipinski definition) is 8. The van der Waals surface area contributed by atoms with E-state index in [1.54, 1.807) is 35.7 Å². The Labute approximate surface area is 172 Å². The Balaban J connectivity index is 1.69. The van der Waals surface area contributed by atoms with Crippen LogP contribution in [0.5, 0.6) is 5.75 Å². The van der Waals surface area contributed by atoms with Crippen molar-refractivity contribution in [3.63, 3.8) is 0 Å². The van der Waals surface area contributed by atoms with Crippen molar-refractivity contribution in [2.24, 2.45) is 4.40 Å². The minimum absolute atomic E-state index is 0.0523. The quantitative estimate of drug-likeness (QED) is 0.424. The summed E-state index contributed by atoms with van der Waals surface area (Å²) in [6.07, 6.45) is 4.16. The lowest BCUT2D eigenvalue weighted by Gasteiger charge is -2.34. The van der Waals surface area contributed by atoms with Gasteiger partial charge in [0.05, 0.1) is 15.9 Å². The molecule has 1 fully saturated rings. The molecule has 0 spiro atoms. The molecule has 1 aromatic carbocycles. The van der Waals surface area contributed by atoms with E-state index in [4.69, 9.17) is 0 Å². The summed E-state index contributed by atoms with van der Waals surface area (Å²) in [6, 6.07) is 8.63. The van der Waals surface area contributed by atoms with E-state index in [-0.39, 0.29) is 28.1 Å². The highest BCUT2D eigenvalue weighted by molar-refractivity contribution is 8.23. The van der Waals surface area contributed by atoms with Gasteiger partial charge in [-0.3, -0.25) is 13.9 Å². The van der Waals surface area contributed by atoms with Crippen molar-refractivity contribution in [2.45, 2.75) is 36.6 Å². The fourth-order valence-electron chi connectivity index (χ4n) is 3.91. The minimum atomic E-state index is -3.50. The highest BCUT2D eigenvalue weighted by Crippen LogP contribution is 2.55. The van der Waals surface area contributed by atoms with Gasteiger partial charge in [0.2, 0.25) is 0 Å². The predicted octanol–water partition coefficient (Wildman–Crippen LogP) is 4.15. The van der Waals surface area contributed by atoms with Crippen LogP contribution in [0, 0.1) is 0 Å². The van der Waals surface area contributed by atoms with E-state index < -0.39 is 16.3 Å². The first-order valence-corrected chi connectivity index (χ1v) is 11.7. The van der Waals surface area contributed by atoms with E-state index in [0.717, 1.165) is 25.7 Å². The number of pyridine rings is 1. The highest BCUT2D eigenvalue weighted by atomic mass is 32.3. The van der Waals surface area contributed by atoms with Gasteiger partial charge in [-0.05, 0) is 36.4 Å². The van der Waals surface area contributed by atoms with Gasteiger partial charge in [-0.25, -0.2) is 4.68 Å². The molecule has 29 heavy (non-hydrogen) atoms. The van der Waals surface area contributed by atoms with Gasteiger partial charge in [0.25, 0.3) is 5.56 Å². The fraction of sp³-hybridized carbons (Fsp3) is 0.263. The van der Waals surface area contributed by atoms with E-state index in [9.17, 15) is 19.0 Å². The van der Waals surface area contributed by atoms with Gasteiger partial charge in [-0.15, -0.1) is 15.7 Å². The van der Waals surface area contributed by atoms with Crippen molar-refractivity contribution in [3.8, 4) is 5.75 Å². The summed E-state index contributed by atoms with van der Waals surface area (Å²) in [5.74, 6) is -0.270. The molecule has 1 saturated carbocycles. The molecule has 0 radical (unpaired) electrons. The van der Waals surface area contributed by atoms with Crippen molar-refractivity contribution < 1.29 is 14.2 Å². The number of aromatic hydroxyl groups is 1. The minimum Gasteiger partial charge on any atom is -0.505 e. The summed E-state index contributed by atoms with van der Waals surface area (Å²) in [5, 5.41) is 15.7. The molecule has 3 aromatic rings. The lowest BCUT2D eigenvalue weighted by molar-refractivity contribution is 0.478. The van der Waals surface area contributed by atoms with Crippen molar-refractivity contribution in [3.05, 3.63) is 51.6 Å². The summed E-state index contributed by atoms with van der Waals surface area (Å²) in [7, 11) is -3.50. The van der Waals surface area contributed by atoms with Crippen LogP contribution in [0.3, 0.4) is 0 Å². The monoisotopic (exact) mass is 432 g/mol. The second-order valence-electron chi connectivity index (χ2n) is 7.19. The first-order valence-electron chi connectivity index (χ1n) is 9.32. The molecule has 3 heterocycles. The van der Waals surface area contributed by atoms with Crippen LogP contribution in [0.15, 0.2) is 49.8 Å². The molecule has 2 aromatic heterocycles. The third-order valence-electron chi connectivity index (χ3n) is 5.31. The molecular formula is C19H20N4O4S2. The molecule has 5 rings (SSSR count). The first-order chi connectivity index (χ1) is 14.0. The average Bonchev–Trinajstić information content (AvgIpc) is 3.37. The highest BCUT2D eigenvalue weighted by Gasteiger charge is 2.31. The summed E-state index contributed by atoms with van der Waals surface area (Å²) in [5.41, 5.74) is 3.75. The summed E-state index contributed by atoms with van der Waals surface area (Å²) >= 11 is 1.31. The van der Waals surface area contributed by atoms with E-state index in [1.807, 2.05) is 0 Å². The maximum atomic E-state index is 13.4. The van der Waals surface area contributed by atoms with Crippen LogP contribution in [0.25, 0.3) is 10.2 Å². The van der Waals surface area contributed by atoms with E-state index in [2.05, 4.69) is 15.1 Å². The maximum absolute atomic E-state index is 13.4. The van der Waals surface area contributed by atoms with Crippen LogP contribution in [-0.2, 0) is 0 Å². The summed E-state index contributed by atoms with van der Waals surface area (Å²) in [6.45, 7) is 0. The Kier molecular flexibility index (Phi) is 4.32. The third-order valence-corrected chi connectivity index (χ3v) is 7.61. The van der Waals surface area contributed by atoms with Crippen molar-refractivity contribution in [1.82, 2.24) is 4.68 Å². The lowest BCUT2D eigenvalue weighted by Crippen LogP contribution is -2.38. The van der Waals surface area contributed by atoms with Crippen molar-refractivity contribution >= 4 is 43.9 Å². The zero-order chi connectivity index (χ0) is 20.2. The van der Waals surface area contributed by atoms with Gasteiger partial charge in [0.1, 0.15) is 10.5 Å². The number of fused-ring (bicyclic) bond motifs is 2. The fourth-order valence-corrected chi connectivity index (χ4v) is 5.91. The topological polar surface area (TPSA) is 119 Å². The lowest BCUT2D eigenvalue weighted by atomic mass is 10.2. The van der Waals surface area contributed by atoms with E-state index in [1.165, 1.54) is 16.0 Å². The van der Waals surface area contributed by atoms with Crippen LogP contribution in [0.4, 0.5) is 5.69 Å². The first kappa shape index (κ1) is 18.5. The third kappa shape index (κ3) is 2.99. The summed E-state index contributed by atoms with van der Waals surface area (Å²) in [4.78, 5) is 13.6. The number of nitrogens with one attached hydrogen (secondary N) is 2. The molecule has 0 amide bonds. The normalized spacial score (nSPS) is 19.4. The molecule has 2 aliphatic rings. The van der Waals surface area contributed by atoms with Gasteiger partial charge in [0.15, 0.2) is 11.6 Å². The van der Waals surface area contributed by atoms with Gasteiger partial charge in [0, 0.05) is 6.04 Å². The zero-order valence-electron chi connectivity index (χ0n) is 15.3. The zero-order valence-corrected chi connectivity index (χ0v) is 17.0. The van der Waals surface area contributed by atoms with Crippen molar-refractivity contribution in [2.75, 3.05) is 10.7 Å². The molecule has 0 saturated heterocycles. The van der Waals surface area contributed by atoms with E-state index in [0.29, 0.717) is 15.9 Å². The Morgan fingerprint density at radius 1 is 1.21 bits per heavy atom. The summed E-state index contributed by atoms with van der Waals surface area (Å²) < 4.78 is 27.0. The predicted molar refractivity (Wildman–Crippen MR) is 117 cm³/mol. The SMILES string of the molecule is O=c1c(C2=NS(O)(O)c3ccccc3N2)c(O)c2sccc2n1NC1CCCC1. The number of rotatable bonds is 3. The number of para-hydroxylation sites is 1. The van der Waals surface area contributed by atoms with Gasteiger partial charge >= 0.3 is 0 Å². The van der Waals surface area contributed by atoms with Crippen LogP contribution in [0.2, 0.25) is 0 Å². The number of amidine groups is 1. The maximum Gasteiger partial charge on any atom is 0.284 e. The molecule has 1 aliphatic carbocycles. The van der Waals surface area contributed by atoms with Crippen LogP contribution < -0.4 is 16.3 Å².